The Morgan fingerprint density at radius 3 is 2.50 bits per heavy atom. The minimum absolute atomic E-state index is 0.219. The molecule has 8 heteroatoms. The number of nitrogens with one attached hydrogen (secondary N) is 1. The average Bonchev–Trinajstić information content (AvgIpc) is 3.14. The number of nitrogens with zero attached hydrogens (tertiary/aromatic N) is 4. The third-order valence-corrected chi connectivity index (χ3v) is 5.89. The van der Waals surface area contributed by atoms with E-state index in [-0.39, 0.29) is 12.6 Å². The number of anilines is 1. The maximum atomic E-state index is 12.9. The van der Waals surface area contributed by atoms with Crippen LogP contribution in [0.3, 0.4) is 0 Å². The van der Waals surface area contributed by atoms with E-state index in [1.54, 1.807) is 27.8 Å². The average molecular weight is 428 g/mol. The molecule has 162 valence electrons. The van der Waals surface area contributed by atoms with Crippen molar-refractivity contribution in [2.24, 2.45) is 5.73 Å². The number of nitriles is 1. The number of aromatic nitrogens is 2. The molecule has 1 aliphatic heterocycles. The van der Waals surface area contributed by atoms with Crippen LogP contribution in [0.15, 0.2) is 36.4 Å². The van der Waals surface area contributed by atoms with Crippen LogP contribution in [0.5, 0.6) is 0 Å². The number of carbonyl (C=O) groups is 2. The smallest absolute Gasteiger partial charge is 0.322 e. The third-order valence-electron chi connectivity index (χ3n) is 5.89. The second kappa shape index (κ2) is 8.19. The van der Waals surface area contributed by atoms with E-state index in [1.807, 2.05) is 39.0 Å². The molecule has 0 unspecified atom stereocenters. The summed E-state index contributed by atoms with van der Waals surface area (Å²) in [5.41, 5.74) is 12.3. The molecule has 0 fully saturated rings. The first-order valence-corrected chi connectivity index (χ1v) is 10.3. The van der Waals surface area contributed by atoms with Crippen LogP contribution in [0.1, 0.15) is 38.3 Å². The molecular formula is C24H24N6O2. The van der Waals surface area contributed by atoms with Crippen LogP contribution >= 0.6 is 0 Å². The topological polar surface area (TPSA) is 117 Å². The summed E-state index contributed by atoms with van der Waals surface area (Å²) in [6.45, 7) is 6.98. The van der Waals surface area contributed by atoms with Gasteiger partial charge in [0.25, 0.3) is 5.91 Å². The molecule has 0 aliphatic carbocycles. The Bertz CT molecular complexity index is 1280. The van der Waals surface area contributed by atoms with Crippen molar-refractivity contribution < 1.29 is 9.59 Å². The van der Waals surface area contributed by atoms with E-state index in [9.17, 15) is 9.59 Å². The van der Waals surface area contributed by atoms with Gasteiger partial charge < -0.3 is 16.0 Å². The summed E-state index contributed by atoms with van der Waals surface area (Å²) in [5.74, 6) is -0.565. The molecular weight excluding hydrogens is 404 g/mol. The largest absolute Gasteiger partial charge is 0.365 e. The fourth-order valence-corrected chi connectivity index (χ4v) is 3.91. The fourth-order valence-electron chi connectivity index (χ4n) is 3.91. The van der Waals surface area contributed by atoms with Crippen LogP contribution in [0.25, 0.3) is 11.3 Å². The van der Waals surface area contributed by atoms with Gasteiger partial charge in [0.05, 0.1) is 36.0 Å². The standard InChI is InChI=1S/C24H24N6O2/c1-14-4-5-17(10-15(14)2)22-21(23(26)31)20-13-29(8-9-30(20)28-22)24(32)27-19-7-6-18(12-25)16(3)11-19/h4-7,10-11H,8-9,13H2,1-3H3,(H2,26,31)(H,27,32). The highest BCUT2D eigenvalue weighted by Crippen LogP contribution is 2.29. The first kappa shape index (κ1) is 21.1. The van der Waals surface area contributed by atoms with E-state index in [4.69, 9.17) is 11.0 Å². The van der Waals surface area contributed by atoms with Crippen LogP contribution in [0.2, 0.25) is 0 Å². The summed E-state index contributed by atoms with van der Waals surface area (Å²) >= 11 is 0. The number of rotatable bonds is 3. The molecule has 3 aromatic rings. The summed E-state index contributed by atoms with van der Waals surface area (Å²) in [5, 5.41) is 16.6. The molecule has 0 saturated heterocycles. The molecule has 1 aromatic heterocycles. The predicted molar refractivity (Wildman–Crippen MR) is 121 cm³/mol. The zero-order valence-corrected chi connectivity index (χ0v) is 18.3. The van der Waals surface area contributed by atoms with Gasteiger partial charge in [0.2, 0.25) is 0 Å². The van der Waals surface area contributed by atoms with Gasteiger partial charge in [-0.15, -0.1) is 0 Å². The highest BCUT2D eigenvalue weighted by molar-refractivity contribution is 6.00. The summed E-state index contributed by atoms with van der Waals surface area (Å²) in [7, 11) is 0. The highest BCUT2D eigenvalue weighted by atomic mass is 16.2. The van der Waals surface area contributed by atoms with Crippen molar-refractivity contribution in [2.45, 2.75) is 33.9 Å². The van der Waals surface area contributed by atoms with Crippen LogP contribution in [-0.4, -0.2) is 33.2 Å². The van der Waals surface area contributed by atoms with Crippen molar-refractivity contribution in [1.82, 2.24) is 14.7 Å². The molecule has 32 heavy (non-hydrogen) atoms. The Balaban J connectivity index is 1.61. The molecule has 0 radical (unpaired) electrons. The molecule has 0 spiro atoms. The van der Waals surface area contributed by atoms with Gasteiger partial charge in [0, 0.05) is 17.8 Å². The molecule has 0 atom stereocenters. The van der Waals surface area contributed by atoms with Crippen molar-refractivity contribution in [1.29, 1.82) is 5.26 Å². The van der Waals surface area contributed by atoms with Gasteiger partial charge >= 0.3 is 6.03 Å². The lowest BCUT2D eigenvalue weighted by atomic mass is 10.0. The van der Waals surface area contributed by atoms with E-state index < -0.39 is 5.91 Å². The van der Waals surface area contributed by atoms with E-state index >= 15 is 0 Å². The molecule has 0 saturated carbocycles. The van der Waals surface area contributed by atoms with Crippen molar-refractivity contribution in [3.63, 3.8) is 0 Å². The number of amides is 3. The Morgan fingerprint density at radius 1 is 1.06 bits per heavy atom. The Hall–Kier alpha value is -4.12. The summed E-state index contributed by atoms with van der Waals surface area (Å²) in [4.78, 5) is 26.9. The van der Waals surface area contributed by atoms with Gasteiger partial charge in [-0.2, -0.15) is 10.4 Å². The lowest BCUT2D eigenvalue weighted by molar-refractivity contribution is 0.0997. The molecule has 3 amide bonds. The quantitative estimate of drug-likeness (QED) is 0.664. The monoisotopic (exact) mass is 428 g/mol. The van der Waals surface area contributed by atoms with Gasteiger partial charge in [0.15, 0.2) is 0 Å². The van der Waals surface area contributed by atoms with E-state index in [0.717, 1.165) is 22.3 Å². The third kappa shape index (κ3) is 3.81. The number of urea groups is 1. The SMILES string of the molecule is Cc1ccc(-c2nn3c(c2C(N)=O)CN(C(=O)Nc2ccc(C#N)c(C)c2)CC3)cc1C. The van der Waals surface area contributed by atoms with Crippen molar-refractivity contribution in [2.75, 3.05) is 11.9 Å². The first-order valence-electron chi connectivity index (χ1n) is 10.3. The second-order valence-electron chi connectivity index (χ2n) is 8.05. The van der Waals surface area contributed by atoms with Crippen molar-refractivity contribution >= 4 is 17.6 Å². The fraction of sp³-hybridized carbons (Fsp3) is 0.250. The molecule has 2 aromatic carbocycles. The number of benzene rings is 2. The van der Waals surface area contributed by atoms with Gasteiger partial charge in [0.1, 0.15) is 5.69 Å². The number of hydrogen-bond acceptors (Lipinski definition) is 4. The van der Waals surface area contributed by atoms with Gasteiger partial charge in [-0.05, 0) is 61.7 Å². The van der Waals surface area contributed by atoms with Gasteiger partial charge in [-0.25, -0.2) is 4.79 Å². The number of carbonyl (C=O) groups excluding carboxylic acids is 2. The minimum atomic E-state index is -0.565. The molecule has 3 N–H and O–H groups in total. The zero-order valence-electron chi connectivity index (χ0n) is 18.3. The predicted octanol–water partition coefficient (Wildman–Crippen LogP) is 3.49. The number of aryl methyl sites for hydroxylation is 3. The molecule has 4 rings (SSSR count). The number of fused-ring (bicyclic) bond motifs is 1. The van der Waals surface area contributed by atoms with Crippen molar-refractivity contribution in [3.05, 3.63) is 69.9 Å². The van der Waals surface area contributed by atoms with Gasteiger partial charge in [-0.3, -0.25) is 9.48 Å². The number of nitrogens with two attached hydrogens (primary N) is 1. The van der Waals surface area contributed by atoms with Crippen LogP contribution in [0.4, 0.5) is 10.5 Å². The van der Waals surface area contributed by atoms with E-state index in [2.05, 4.69) is 16.5 Å². The zero-order chi connectivity index (χ0) is 23.0. The highest BCUT2D eigenvalue weighted by Gasteiger charge is 2.29. The van der Waals surface area contributed by atoms with E-state index in [0.29, 0.717) is 41.3 Å². The van der Waals surface area contributed by atoms with Crippen LogP contribution < -0.4 is 11.1 Å². The molecule has 2 heterocycles. The lowest BCUT2D eigenvalue weighted by Gasteiger charge is -2.28. The Kier molecular flexibility index (Phi) is 5.41. The van der Waals surface area contributed by atoms with Crippen molar-refractivity contribution in [3.8, 4) is 17.3 Å². The minimum Gasteiger partial charge on any atom is -0.365 e. The summed E-state index contributed by atoms with van der Waals surface area (Å²) < 4.78 is 1.76. The summed E-state index contributed by atoms with van der Waals surface area (Å²) in [6, 6.07) is 12.9. The lowest BCUT2D eigenvalue weighted by Crippen LogP contribution is -2.41. The van der Waals surface area contributed by atoms with Crippen LogP contribution in [0, 0.1) is 32.1 Å². The van der Waals surface area contributed by atoms with Crippen LogP contribution in [-0.2, 0) is 13.1 Å². The molecule has 8 nitrogen and oxygen atoms in total. The first-order chi connectivity index (χ1) is 15.3. The molecule has 0 bridgehead atoms. The van der Waals surface area contributed by atoms with E-state index in [1.165, 1.54) is 0 Å². The molecule has 1 aliphatic rings. The van der Waals surface area contributed by atoms with Gasteiger partial charge in [-0.1, -0.05) is 12.1 Å². The Morgan fingerprint density at radius 2 is 1.84 bits per heavy atom. The maximum absolute atomic E-state index is 12.9. The normalized spacial score (nSPS) is 12.8. The number of primary amides is 1. The Labute approximate surface area is 186 Å². The summed E-state index contributed by atoms with van der Waals surface area (Å²) in [6.07, 6.45) is 0. The second-order valence-corrected chi connectivity index (χ2v) is 8.05. The number of hydrogen-bond donors (Lipinski definition) is 2. The maximum Gasteiger partial charge on any atom is 0.322 e.